The third-order valence-electron chi connectivity index (χ3n) is 8.19. The van der Waals surface area contributed by atoms with Crippen molar-refractivity contribution in [3.8, 4) is 5.75 Å². The van der Waals surface area contributed by atoms with Gasteiger partial charge in [-0.15, -0.1) is 6.58 Å². The van der Waals surface area contributed by atoms with E-state index in [0.29, 0.717) is 25.0 Å². The van der Waals surface area contributed by atoms with E-state index in [1.54, 1.807) is 6.08 Å². The van der Waals surface area contributed by atoms with Gasteiger partial charge < -0.3 is 15.4 Å². The van der Waals surface area contributed by atoms with Crippen LogP contribution in [0.25, 0.3) is 0 Å². The van der Waals surface area contributed by atoms with Crippen molar-refractivity contribution in [1.82, 2.24) is 20.5 Å². The van der Waals surface area contributed by atoms with Gasteiger partial charge in [0, 0.05) is 23.1 Å². The summed E-state index contributed by atoms with van der Waals surface area (Å²) in [6.45, 7) is 10.4. The van der Waals surface area contributed by atoms with Crippen molar-refractivity contribution >= 4 is 17.8 Å². The maximum Gasteiger partial charge on any atom is 0.232 e. The van der Waals surface area contributed by atoms with E-state index in [1.807, 2.05) is 31.2 Å². The van der Waals surface area contributed by atoms with Gasteiger partial charge in [-0.05, 0) is 36.5 Å². The van der Waals surface area contributed by atoms with Gasteiger partial charge in [0.25, 0.3) is 0 Å². The van der Waals surface area contributed by atoms with Crippen LogP contribution in [-0.4, -0.2) is 39.8 Å². The Balaban J connectivity index is 1.42. The van der Waals surface area contributed by atoms with Gasteiger partial charge in [-0.1, -0.05) is 45.0 Å². The Hall–Kier alpha value is -3.75. The molecule has 3 N–H and O–H groups in total. The predicted molar refractivity (Wildman–Crippen MR) is 141 cm³/mol. The number of guanidine groups is 1. The molecule has 3 aliphatic rings. The largest absolute Gasteiger partial charge is 0.493 e. The first kappa shape index (κ1) is 25.9. The van der Waals surface area contributed by atoms with E-state index in [9.17, 15) is 14.0 Å². The highest BCUT2D eigenvalue weighted by atomic mass is 19.1. The van der Waals surface area contributed by atoms with E-state index >= 15 is 0 Å². The fourth-order valence-corrected chi connectivity index (χ4v) is 5.78. The highest BCUT2D eigenvalue weighted by molar-refractivity contribution is 6.00. The molecule has 38 heavy (non-hydrogen) atoms. The fraction of sp³-hybridized carbons (Fsp3) is 0.448. The van der Waals surface area contributed by atoms with E-state index in [1.165, 1.54) is 17.2 Å². The summed E-state index contributed by atoms with van der Waals surface area (Å²) in [5, 5.41) is 15.1. The van der Waals surface area contributed by atoms with E-state index in [4.69, 9.17) is 10.1 Å². The number of nitrogens with one attached hydrogen (secondary N) is 3. The van der Waals surface area contributed by atoms with Gasteiger partial charge >= 0.3 is 0 Å². The second kappa shape index (κ2) is 9.53. The lowest BCUT2D eigenvalue weighted by Crippen LogP contribution is -2.62. The van der Waals surface area contributed by atoms with Crippen molar-refractivity contribution in [2.45, 2.75) is 57.7 Å². The molecule has 1 saturated carbocycles. The topological polar surface area (TPSA) is 107 Å². The minimum Gasteiger partial charge on any atom is -0.493 e. The molecule has 2 fully saturated rings. The van der Waals surface area contributed by atoms with Crippen LogP contribution in [0.1, 0.15) is 63.2 Å². The Kier molecular flexibility index (Phi) is 6.49. The lowest BCUT2D eigenvalue weighted by molar-refractivity contribution is -0.133. The van der Waals surface area contributed by atoms with Crippen LogP contribution in [0, 0.1) is 28.5 Å². The highest BCUT2D eigenvalue weighted by Gasteiger charge is 2.54. The number of hydrogen-bond donors (Lipinski definition) is 3. The van der Waals surface area contributed by atoms with Crippen LogP contribution >= 0.6 is 0 Å². The Labute approximate surface area is 222 Å². The maximum atomic E-state index is 14.3. The number of fused-ring (bicyclic) bond motifs is 1. The Morgan fingerprint density at radius 3 is 2.84 bits per heavy atom. The first-order chi connectivity index (χ1) is 18.1. The van der Waals surface area contributed by atoms with E-state index in [-0.39, 0.29) is 41.6 Å². The summed E-state index contributed by atoms with van der Waals surface area (Å²) < 4.78 is 20.2. The maximum absolute atomic E-state index is 14.3. The first-order valence-corrected chi connectivity index (χ1v) is 13.0. The van der Waals surface area contributed by atoms with Crippen LogP contribution in [0.5, 0.6) is 5.75 Å². The summed E-state index contributed by atoms with van der Waals surface area (Å²) in [5.74, 6) is -0.941. The summed E-state index contributed by atoms with van der Waals surface area (Å²) in [7, 11) is 0. The molecular weight excluding hydrogens is 485 g/mol. The lowest BCUT2D eigenvalue weighted by atomic mass is 9.79. The number of aromatic nitrogens is 1. The predicted octanol–water partition coefficient (Wildman–Crippen LogP) is 4.27. The van der Waals surface area contributed by atoms with Crippen molar-refractivity contribution in [2.75, 3.05) is 6.61 Å². The number of amides is 2. The second-order valence-electron chi connectivity index (χ2n) is 11.3. The van der Waals surface area contributed by atoms with Gasteiger partial charge in [-0.2, -0.15) is 0 Å². The zero-order valence-corrected chi connectivity index (χ0v) is 22.0. The van der Waals surface area contributed by atoms with Crippen molar-refractivity contribution in [3.63, 3.8) is 0 Å². The summed E-state index contributed by atoms with van der Waals surface area (Å²) in [5.41, 5.74) is 0.350. The molecule has 2 amide bonds. The van der Waals surface area contributed by atoms with Crippen LogP contribution in [-0.2, 0) is 9.59 Å². The number of hydrogen-bond acceptors (Lipinski definition) is 5. The van der Waals surface area contributed by atoms with Crippen molar-refractivity contribution < 1.29 is 18.7 Å². The highest BCUT2D eigenvalue weighted by Crippen LogP contribution is 2.52. The number of ether oxygens (including phenoxy) is 1. The molecule has 5 atom stereocenters. The Morgan fingerprint density at radius 1 is 1.39 bits per heavy atom. The number of carbonyl (C=O) groups is 2. The number of benzene rings is 1. The standard InChI is InChI=1S/C29H34FN5O3/c1-5-29(6-2)13-23(36)35(27(31)34-29)24(17-11-18(30)15-32-14-17)20-12-21(20)26(37)33-25-19-9-7-8-10-22(19)38-16-28(25,3)4/h5,7-11,14-15,20-21,24-25H,1,6,12-13,16H2,2-4H3,(H2,31,34)(H,33,37)/t20-,21-,24?,25?,29-/m1/s1. The van der Waals surface area contributed by atoms with E-state index < -0.39 is 23.3 Å². The van der Waals surface area contributed by atoms with Crippen LogP contribution in [0.4, 0.5) is 4.39 Å². The Bertz CT molecular complexity index is 1280. The summed E-state index contributed by atoms with van der Waals surface area (Å²) in [6.07, 6.45) is 5.48. The monoisotopic (exact) mass is 519 g/mol. The lowest BCUT2D eigenvalue weighted by Gasteiger charge is -2.44. The molecular formula is C29H34FN5O3. The van der Waals surface area contributed by atoms with Gasteiger partial charge in [-0.3, -0.25) is 24.9 Å². The molecule has 2 aliphatic heterocycles. The number of rotatable bonds is 7. The number of pyridine rings is 1. The molecule has 0 bridgehead atoms. The summed E-state index contributed by atoms with van der Waals surface area (Å²) >= 11 is 0. The van der Waals surface area contributed by atoms with Crippen LogP contribution < -0.4 is 15.4 Å². The van der Waals surface area contributed by atoms with Crippen molar-refractivity contribution in [2.24, 2.45) is 17.3 Å². The molecule has 1 saturated heterocycles. The van der Waals surface area contributed by atoms with Crippen LogP contribution in [0.2, 0.25) is 0 Å². The number of nitrogens with zero attached hydrogens (tertiary/aromatic N) is 2. The molecule has 0 radical (unpaired) electrons. The number of para-hydroxylation sites is 1. The molecule has 1 aliphatic carbocycles. The van der Waals surface area contributed by atoms with Gasteiger partial charge in [0.05, 0.1) is 36.8 Å². The number of carbonyl (C=O) groups excluding carboxylic acids is 2. The molecule has 1 aromatic heterocycles. The van der Waals surface area contributed by atoms with Gasteiger partial charge in [-0.25, -0.2) is 4.39 Å². The molecule has 1 aromatic carbocycles. The molecule has 0 spiro atoms. The molecule has 2 aromatic rings. The van der Waals surface area contributed by atoms with Crippen molar-refractivity contribution in [3.05, 3.63) is 72.3 Å². The van der Waals surface area contributed by atoms with Crippen LogP contribution in [0.15, 0.2) is 55.4 Å². The normalized spacial score (nSPS) is 28.4. The van der Waals surface area contributed by atoms with Crippen LogP contribution in [0.3, 0.4) is 0 Å². The van der Waals surface area contributed by atoms with E-state index in [0.717, 1.165) is 17.5 Å². The molecule has 2 unspecified atom stereocenters. The van der Waals surface area contributed by atoms with Crippen molar-refractivity contribution in [1.29, 1.82) is 5.41 Å². The smallest absolute Gasteiger partial charge is 0.232 e. The Morgan fingerprint density at radius 2 is 2.16 bits per heavy atom. The van der Waals surface area contributed by atoms with E-state index in [2.05, 4.69) is 36.0 Å². The number of halogens is 1. The zero-order valence-electron chi connectivity index (χ0n) is 22.0. The quantitative estimate of drug-likeness (QED) is 0.474. The minimum atomic E-state index is -0.711. The molecule has 3 heterocycles. The summed E-state index contributed by atoms with van der Waals surface area (Å²) in [4.78, 5) is 32.4. The third-order valence-corrected chi connectivity index (χ3v) is 8.19. The van der Waals surface area contributed by atoms with Gasteiger partial charge in [0.2, 0.25) is 11.8 Å². The average molecular weight is 520 g/mol. The summed E-state index contributed by atoms with van der Waals surface area (Å²) in [6, 6.07) is 8.08. The molecule has 8 nitrogen and oxygen atoms in total. The van der Waals surface area contributed by atoms with Gasteiger partial charge in [0.15, 0.2) is 5.96 Å². The van der Waals surface area contributed by atoms with Gasteiger partial charge in [0.1, 0.15) is 11.6 Å². The minimum absolute atomic E-state index is 0.0807. The average Bonchev–Trinajstić information content (AvgIpc) is 3.68. The second-order valence-corrected chi connectivity index (χ2v) is 11.3. The first-order valence-electron chi connectivity index (χ1n) is 13.0. The molecule has 9 heteroatoms. The SMILES string of the molecule is C=C[C@@]1(CC)CC(=O)N(C(c2cncc(F)c2)[C@@H]2C[C@H]2C(=O)NC2c3ccccc3OCC2(C)C)C(=N)N1. The molecule has 200 valence electrons. The zero-order chi connectivity index (χ0) is 27.2. The third kappa shape index (κ3) is 4.54. The molecule has 5 rings (SSSR count). The fourth-order valence-electron chi connectivity index (χ4n) is 5.78.